The van der Waals surface area contributed by atoms with E-state index in [1.54, 1.807) is 23.6 Å². The molecule has 0 bridgehead atoms. The SMILES string of the molecule is CCCN(c1nc(-c2nccc(N)n2)cs1)c1cc(-c2ccc(OCCN3CCN(C)CC3)cc2)ccc1C. The Labute approximate surface area is 235 Å². The molecule has 0 unspecified atom stereocenters. The second-order valence-electron chi connectivity index (χ2n) is 9.99. The fourth-order valence-corrected chi connectivity index (χ4v) is 5.56. The molecular weight excluding hydrogens is 506 g/mol. The van der Waals surface area contributed by atoms with Crippen LogP contribution in [-0.4, -0.2) is 77.7 Å². The normalized spacial score (nSPS) is 14.4. The maximum absolute atomic E-state index is 6.06. The Morgan fingerprint density at radius 1 is 1.00 bits per heavy atom. The topological polar surface area (TPSA) is 83.6 Å². The number of nitrogens with two attached hydrogens (primary N) is 1. The van der Waals surface area contributed by atoms with Crippen molar-refractivity contribution in [2.75, 3.05) is 63.6 Å². The van der Waals surface area contributed by atoms with Crippen LogP contribution in [-0.2, 0) is 0 Å². The summed E-state index contributed by atoms with van der Waals surface area (Å²) in [6.45, 7) is 11.3. The van der Waals surface area contributed by atoms with Gasteiger partial charge in [0.25, 0.3) is 0 Å². The first kappa shape index (κ1) is 27.1. The number of hydrogen-bond donors (Lipinski definition) is 1. The van der Waals surface area contributed by atoms with Crippen LogP contribution in [0.2, 0.25) is 0 Å². The monoisotopic (exact) mass is 543 g/mol. The van der Waals surface area contributed by atoms with E-state index in [9.17, 15) is 0 Å². The minimum absolute atomic E-state index is 0.440. The van der Waals surface area contributed by atoms with E-state index < -0.39 is 0 Å². The lowest BCUT2D eigenvalue weighted by atomic mass is 10.0. The molecule has 8 nitrogen and oxygen atoms in total. The van der Waals surface area contributed by atoms with E-state index in [4.69, 9.17) is 15.5 Å². The molecule has 204 valence electrons. The molecule has 0 spiro atoms. The van der Waals surface area contributed by atoms with Gasteiger partial charge in [-0.25, -0.2) is 15.0 Å². The number of benzene rings is 2. The lowest BCUT2D eigenvalue weighted by Crippen LogP contribution is -2.45. The molecule has 0 aliphatic carbocycles. The smallest absolute Gasteiger partial charge is 0.190 e. The Hall–Kier alpha value is -3.53. The number of anilines is 3. The van der Waals surface area contributed by atoms with Crippen molar-refractivity contribution in [2.24, 2.45) is 0 Å². The van der Waals surface area contributed by atoms with Gasteiger partial charge >= 0.3 is 0 Å². The summed E-state index contributed by atoms with van der Waals surface area (Å²) in [5, 5.41) is 2.91. The summed E-state index contributed by atoms with van der Waals surface area (Å²) < 4.78 is 6.06. The third-order valence-electron chi connectivity index (χ3n) is 7.04. The van der Waals surface area contributed by atoms with Crippen LogP contribution in [0.1, 0.15) is 18.9 Å². The minimum Gasteiger partial charge on any atom is -0.492 e. The molecule has 5 rings (SSSR count). The molecule has 2 N–H and O–H groups in total. The van der Waals surface area contributed by atoms with Gasteiger partial charge in [0, 0.05) is 56.5 Å². The van der Waals surface area contributed by atoms with Crippen LogP contribution in [0.4, 0.5) is 16.6 Å². The van der Waals surface area contributed by atoms with Crippen molar-refractivity contribution in [3.05, 3.63) is 65.7 Å². The lowest BCUT2D eigenvalue weighted by molar-refractivity contribution is 0.134. The molecule has 0 atom stereocenters. The molecule has 1 fully saturated rings. The molecule has 1 aliphatic heterocycles. The van der Waals surface area contributed by atoms with Crippen LogP contribution in [0, 0.1) is 6.92 Å². The van der Waals surface area contributed by atoms with Gasteiger partial charge in [0.1, 0.15) is 23.9 Å². The van der Waals surface area contributed by atoms with Crippen LogP contribution < -0.4 is 15.4 Å². The van der Waals surface area contributed by atoms with E-state index in [0.717, 1.165) is 79.1 Å². The molecule has 9 heteroatoms. The van der Waals surface area contributed by atoms with Crippen molar-refractivity contribution < 1.29 is 4.74 Å². The van der Waals surface area contributed by atoms with Crippen molar-refractivity contribution in [3.8, 4) is 28.4 Å². The predicted molar refractivity (Wildman–Crippen MR) is 161 cm³/mol. The van der Waals surface area contributed by atoms with E-state index in [-0.39, 0.29) is 0 Å². The number of likely N-dealkylation sites (N-methyl/N-ethyl adjacent to an activating group) is 1. The van der Waals surface area contributed by atoms with E-state index >= 15 is 0 Å². The number of rotatable bonds is 10. The van der Waals surface area contributed by atoms with Crippen LogP contribution in [0.5, 0.6) is 5.75 Å². The first-order valence-corrected chi connectivity index (χ1v) is 14.4. The van der Waals surface area contributed by atoms with Gasteiger partial charge in [0.15, 0.2) is 11.0 Å². The molecule has 3 heterocycles. The number of nitrogen functional groups attached to an aromatic ring is 1. The van der Waals surface area contributed by atoms with Gasteiger partial charge in [-0.2, -0.15) is 0 Å². The maximum Gasteiger partial charge on any atom is 0.190 e. The van der Waals surface area contributed by atoms with Crippen LogP contribution in [0.25, 0.3) is 22.6 Å². The second kappa shape index (κ2) is 12.5. The maximum atomic E-state index is 6.06. The van der Waals surface area contributed by atoms with Gasteiger partial charge in [-0.05, 0) is 61.3 Å². The van der Waals surface area contributed by atoms with Gasteiger partial charge in [0.2, 0.25) is 0 Å². The number of ether oxygens (including phenoxy) is 1. The standard InChI is InChI=1S/C30H37N7OS/c1-4-13-37(30-33-26(21-39-30)29-32-12-11-28(31)34-29)27-20-24(6-5-22(27)2)23-7-9-25(10-8-23)38-19-18-36-16-14-35(3)15-17-36/h5-12,20-21H,4,13-19H2,1-3H3,(H2,31,32,34). The highest BCUT2D eigenvalue weighted by atomic mass is 32.1. The van der Waals surface area contributed by atoms with Gasteiger partial charge in [0.05, 0.1) is 0 Å². The summed E-state index contributed by atoms with van der Waals surface area (Å²) in [5.41, 5.74) is 11.3. The number of hydrogen-bond acceptors (Lipinski definition) is 9. The minimum atomic E-state index is 0.440. The van der Waals surface area contributed by atoms with Crippen molar-refractivity contribution in [3.63, 3.8) is 0 Å². The Kier molecular flexibility index (Phi) is 8.71. The summed E-state index contributed by atoms with van der Waals surface area (Å²) in [7, 11) is 2.18. The highest BCUT2D eigenvalue weighted by Crippen LogP contribution is 2.36. The van der Waals surface area contributed by atoms with Gasteiger partial charge < -0.3 is 20.3 Å². The third kappa shape index (κ3) is 6.73. The molecule has 0 amide bonds. The van der Waals surface area contributed by atoms with Crippen LogP contribution in [0.3, 0.4) is 0 Å². The molecule has 2 aromatic heterocycles. The highest BCUT2D eigenvalue weighted by Gasteiger charge is 2.18. The largest absolute Gasteiger partial charge is 0.492 e. The van der Waals surface area contributed by atoms with E-state index in [1.165, 1.54) is 5.56 Å². The number of nitrogens with zero attached hydrogens (tertiary/aromatic N) is 6. The molecule has 0 saturated carbocycles. The fraction of sp³-hybridized carbons (Fsp3) is 0.367. The zero-order chi connectivity index (χ0) is 27.2. The first-order valence-electron chi connectivity index (χ1n) is 13.6. The van der Waals surface area contributed by atoms with Gasteiger partial charge in [-0.3, -0.25) is 4.90 Å². The molecule has 2 aromatic carbocycles. The van der Waals surface area contributed by atoms with Crippen molar-refractivity contribution in [1.29, 1.82) is 0 Å². The lowest BCUT2D eigenvalue weighted by Gasteiger charge is -2.32. The Balaban J connectivity index is 1.30. The van der Waals surface area contributed by atoms with E-state index in [1.807, 2.05) is 5.38 Å². The van der Waals surface area contributed by atoms with E-state index in [2.05, 4.69) is 88.0 Å². The molecule has 1 saturated heterocycles. The molecule has 0 radical (unpaired) electrons. The molecule has 4 aromatic rings. The number of aromatic nitrogens is 3. The zero-order valence-corrected chi connectivity index (χ0v) is 23.8. The van der Waals surface area contributed by atoms with E-state index in [0.29, 0.717) is 18.2 Å². The summed E-state index contributed by atoms with van der Waals surface area (Å²) in [6, 6.07) is 16.7. The Morgan fingerprint density at radius 3 is 2.51 bits per heavy atom. The Bertz CT molecular complexity index is 1370. The molecule has 1 aliphatic rings. The van der Waals surface area contributed by atoms with Crippen molar-refractivity contribution in [2.45, 2.75) is 20.3 Å². The summed E-state index contributed by atoms with van der Waals surface area (Å²) >= 11 is 1.59. The molecular formula is C30H37N7OS. The average molecular weight is 544 g/mol. The summed E-state index contributed by atoms with van der Waals surface area (Å²) in [6.07, 6.45) is 2.66. The third-order valence-corrected chi connectivity index (χ3v) is 7.90. The molecule has 39 heavy (non-hydrogen) atoms. The van der Waals surface area contributed by atoms with Gasteiger partial charge in [-0.1, -0.05) is 31.2 Å². The average Bonchev–Trinajstić information content (AvgIpc) is 3.44. The van der Waals surface area contributed by atoms with Crippen LogP contribution in [0.15, 0.2) is 60.1 Å². The number of thiazole rings is 1. The quantitative estimate of drug-likeness (QED) is 0.287. The van der Waals surface area contributed by atoms with Crippen molar-refractivity contribution >= 4 is 28.0 Å². The second-order valence-corrected chi connectivity index (χ2v) is 10.8. The highest BCUT2D eigenvalue weighted by molar-refractivity contribution is 7.14. The number of piperazine rings is 1. The number of aryl methyl sites for hydroxylation is 1. The van der Waals surface area contributed by atoms with Gasteiger partial charge in [-0.15, -0.1) is 11.3 Å². The summed E-state index contributed by atoms with van der Waals surface area (Å²) in [5.74, 6) is 1.90. The predicted octanol–water partition coefficient (Wildman–Crippen LogP) is 5.33. The Morgan fingerprint density at radius 2 is 1.77 bits per heavy atom. The zero-order valence-electron chi connectivity index (χ0n) is 23.0. The van der Waals surface area contributed by atoms with Crippen LogP contribution >= 0.6 is 11.3 Å². The summed E-state index contributed by atoms with van der Waals surface area (Å²) in [4.78, 5) is 20.7. The fourth-order valence-electron chi connectivity index (χ4n) is 4.72. The van der Waals surface area contributed by atoms with Crippen molar-refractivity contribution in [1.82, 2.24) is 24.8 Å². The first-order chi connectivity index (χ1) is 19.0.